The van der Waals surface area contributed by atoms with Crippen LogP contribution in [0.2, 0.25) is 0 Å². The van der Waals surface area contributed by atoms with Gasteiger partial charge in [-0.25, -0.2) is 10.1 Å². The van der Waals surface area contributed by atoms with Gasteiger partial charge in [-0.3, -0.25) is 0 Å². The lowest BCUT2D eigenvalue weighted by atomic mass is 10.2. The molecule has 6 nitrogen and oxygen atoms in total. The second-order valence-electron chi connectivity index (χ2n) is 3.70. The van der Waals surface area contributed by atoms with Crippen molar-refractivity contribution >= 4 is 44.0 Å². The standard InChI is InChI=1S/C11H12Br2N6/c1-2-10-16-18-11(19(10)14)17-15-6-7-5-8(12)3-4-9(7)13/h3-6H,2,14H2,1H3,(H,17,18)/b15-6+. The Kier molecular flexibility index (Phi) is 4.54. The summed E-state index contributed by atoms with van der Waals surface area (Å²) < 4.78 is 3.31. The maximum atomic E-state index is 5.79. The average Bonchev–Trinajstić information content (AvgIpc) is 2.75. The Morgan fingerprint density at radius 2 is 2.21 bits per heavy atom. The summed E-state index contributed by atoms with van der Waals surface area (Å²) in [6, 6.07) is 5.82. The highest BCUT2D eigenvalue weighted by Gasteiger charge is 2.05. The number of nitrogens with zero attached hydrogens (tertiary/aromatic N) is 4. The van der Waals surface area contributed by atoms with Gasteiger partial charge in [0.05, 0.1) is 6.21 Å². The molecule has 0 aliphatic rings. The molecule has 0 aliphatic carbocycles. The quantitative estimate of drug-likeness (QED) is 0.479. The molecule has 0 radical (unpaired) electrons. The summed E-state index contributed by atoms with van der Waals surface area (Å²) in [5.41, 5.74) is 3.69. The monoisotopic (exact) mass is 386 g/mol. The highest BCUT2D eigenvalue weighted by Crippen LogP contribution is 2.20. The summed E-state index contributed by atoms with van der Waals surface area (Å²) in [6.07, 6.45) is 2.39. The zero-order valence-corrected chi connectivity index (χ0v) is 13.3. The summed E-state index contributed by atoms with van der Waals surface area (Å²) in [5, 5.41) is 11.9. The van der Waals surface area contributed by atoms with Crippen molar-refractivity contribution in [1.29, 1.82) is 0 Å². The van der Waals surface area contributed by atoms with Gasteiger partial charge in [0.15, 0.2) is 5.82 Å². The van der Waals surface area contributed by atoms with Crippen molar-refractivity contribution in [3.8, 4) is 0 Å². The second kappa shape index (κ2) is 6.16. The van der Waals surface area contributed by atoms with E-state index in [1.54, 1.807) is 6.21 Å². The van der Waals surface area contributed by atoms with Crippen molar-refractivity contribution in [2.24, 2.45) is 5.10 Å². The first-order chi connectivity index (χ1) is 9.11. The number of anilines is 1. The van der Waals surface area contributed by atoms with Crippen molar-refractivity contribution in [3.05, 3.63) is 38.5 Å². The van der Waals surface area contributed by atoms with Crippen LogP contribution in [0.1, 0.15) is 18.3 Å². The van der Waals surface area contributed by atoms with Crippen molar-refractivity contribution in [2.45, 2.75) is 13.3 Å². The first-order valence-electron chi connectivity index (χ1n) is 5.55. The van der Waals surface area contributed by atoms with Gasteiger partial charge in [0.25, 0.3) is 5.95 Å². The lowest BCUT2D eigenvalue weighted by molar-refractivity contribution is 0.855. The normalized spacial score (nSPS) is 11.1. The molecular formula is C11H12Br2N6. The number of hydrogen-bond donors (Lipinski definition) is 2. The number of aryl methyl sites for hydroxylation is 1. The molecule has 0 aliphatic heterocycles. The fraction of sp³-hybridized carbons (Fsp3) is 0.182. The molecule has 8 heteroatoms. The number of nitrogens with two attached hydrogens (primary N) is 1. The van der Waals surface area contributed by atoms with E-state index < -0.39 is 0 Å². The van der Waals surface area contributed by atoms with E-state index in [2.05, 4.69) is 52.6 Å². The summed E-state index contributed by atoms with van der Waals surface area (Å²) >= 11 is 6.86. The first kappa shape index (κ1) is 14.0. The number of hydrogen-bond acceptors (Lipinski definition) is 5. The molecule has 0 amide bonds. The minimum atomic E-state index is 0.402. The van der Waals surface area contributed by atoms with Crippen LogP contribution < -0.4 is 11.3 Å². The van der Waals surface area contributed by atoms with Crippen molar-refractivity contribution in [2.75, 3.05) is 11.3 Å². The molecule has 2 aromatic rings. The second-order valence-corrected chi connectivity index (χ2v) is 5.47. The van der Waals surface area contributed by atoms with Crippen LogP contribution in [0.5, 0.6) is 0 Å². The number of nitrogens with one attached hydrogen (secondary N) is 1. The van der Waals surface area contributed by atoms with E-state index in [0.717, 1.165) is 14.5 Å². The number of hydrazone groups is 1. The lowest BCUT2D eigenvalue weighted by Gasteiger charge is -2.01. The largest absolute Gasteiger partial charge is 0.335 e. The lowest BCUT2D eigenvalue weighted by Crippen LogP contribution is -2.14. The number of benzene rings is 1. The maximum absolute atomic E-state index is 5.79. The van der Waals surface area contributed by atoms with Gasteiger partial charge in [0, 0.05) is 20.9 Å². The molecule has 0 saturated carbocycles. The number of rotatable bonds is 4. The predicted octanol–water partition coefficient (Wildman–Crippen LogP) is 2.53. The highest BCUT2D eigenvalue weighted by molar-refractivity contribution is 9.11. The fourth-order valence-corrected chi connectivity index (χ4v) is 2.14. The summed E-state index contributed by atoms with van der Waals surface area (Å²) in [5.74, 6) is 6.88. The van der Waals surface area contributed by atoms with E-state index in [1.807, 2.05) is 25.1 Å². The van der Waals surface area contributed by atoms with Gasteiger partial charge in [-0.1, -0.05) is 38.8 Å². The van der Waals surface area contributed by atoms with Crippen LogP contribution in [0.3, 0.4) is 0 Å². The van der Waals surface area contributed by atoms with Crippen molar-refractivity contribution < 1.29 is 0 Å². The van der Waals surface area contributed by atoms with E-state index in [1.165, 1.54) is 4.68 Å². The molecule has 0 bridgehead atoms. The van der Waals surface area contributed by atoms with Crippen LogP contribution in [0.15, 0.2) is 32.2 Å². The molecule has 19 heavy (non-hydrogen) atoms. The van der Waals surface area contributed by atoms with Crippen LogP contribution in [-0.2, 0) is 6.42 Å². The number of aromatic nitrogens is 3. The van der Waals surface area contributed by atoms with Crippen LogP contribution in [-0.4, -0.2) is 21.1 Å². The molecule has 0 fully saturated rings. The van der Waals surface area contributed by atoms with Crippen LogP contribution >= 0.6 is 31.9 Å². The Balaban J connectivity index is 2.11. The minimum absolute atomic E-state index is 0.402. The van der Waals surface area contributed by atoms with Gasteiger partial charge in [-0.05, 0) is 18.2 Å². The molecule has 100 valence electrons. The molecule has 0 spiro atoms. The summed E-state index contributed by atoms with van der Waals surface area (Å²) in [6.45, 7) is 1.96. The van der Waals surface area contributed by atoms with Crippen molar-refractivity contribution in [1.82, 2.24) is 14.9 Å². The third kappa shape index (κ3) is 3.32. The topological polar surface area (TPSA) is 81.1 Å². The molecule has 3 N–H and O–H groups in total. The van der Waals surface area contributed by atoms with Gasteiger partial charge in [0.1, 0.15) is 0 Å². The summed E-state index contributed by atoms with van der Waals surface area (Å²) in [4.78, 5) is 0. The van der Waals surface area contributed by atoms with Gasteiger partial charge < -0.3 is 5.84 Å². The number of halogens is 2. The Bertz CT molecular complexity index is 607. The fourth-order valence-electron chi connectivity index (χ4n) is 1.41. The Morgan fingerprint density at radius 1 is 1.42 bits per heavy atom. The highest BCUT2D eigenvalue weighted by atomic mass is 79.9. The van der Waals surface area contributed by atoms with E-state index in [4.69, 9.17) is 5.84 Å². The molecule has 0 saturated heterocycles. The predicted molar refractivity (Wildman–Crippen MR) is 82.6 cm³/mol. The minimum Gasteiger partial charge on any atom is -0.335 e. The molecule has 2 rings (SSSR count). The molecule has 1 heterocycles. The van der Waals surface area contributed by atoms with Crippen molar-refractivity contribution in [3.63, 3.8) is 0 Å². The van der Waals surface area contributed by atoms with E-state index in [-0.39, 0.29) is 0 Å². The molecule has 0 unspecified atom stereocenters. The SMILES string of the molecule is CCc1nnc(N/N=C/c2cc(Br)ccc2Br)n1N. The Morgan fingerprint density at radius 3 is 2.89 bits per heavy atom. The third-order valence-corrected chi connectivity index (χ3v) is 3.62. The zero-order chi connectivity index (χ0) is 13.8. The molecular weight excluding hydrogens is 376 g/mol. The van der Waals surface area contributed by atoms with E-state index >= 15 is 0 Å². The molecule has 1 aromatic carbocycles. The first-order valence-corrected chi connectivity index (χ1v) is 7.14. The molecule has 1 aromatic heterocycles. The van der Waals surface area contributed by atoms with Gasteiger partial charge >= 0.3 is 0 Å². The van der Waals surface area contributed by atoms with E-state index in [0.29, 0.717) is 18.2 Å². The Hall–Kier alpha value is -1.41. The molecule has 0 atom stereocenters. The number of nitrogen functional groups attached to an aromatic ring is 1. The zero-order valence-electron chi connectivity index (χ0n) is 10.1. The van der Waals surface area contributed by atoms with Crippen LogP contribution in [0, 0.1) is 0 Å². The van der Waals surface area contributed by atoms with Crippen LogP contribution in [0.4, 0.5) is 5.95 Å². The van der Waals surface area contributed by atoms with Gasteiger partial charge in [0.2, 0.25) is 0 Å². The Labute approximate surface area is 127 Å². The smallest absolute Gasteiger partial charge is 0.263 e. The average molecular weight is 388 g/mol. The van der Waals surface area contributed by atoms with E-state index in [9.17, 15) is 0 Å². The maximum Gasteiger partial charge on any atom is 0.263 e. The van der Waals surface area contributed by atoms with Crippen LogP contribution in [0.25, 0.3) is 0 Å². The van der Waals surface area contributed by atoms with Gasteiger partial charge in [-0.2, -0.15) is 5.10 Å². The summed E-state index contributed by atoms with van der Waals surface area (Å²) in [7, 11) is 0. The third-order valence-electron chi connectivity index (χ3n) is 2.41. The van der Waals surface area contributed by atoms with Gasteiger partial charge in [-0.15, -0.1) is 10.2 Å².